The minimum absolute atomic E-state index is 0.118. The third kappa shape index (κ3) is 3.67. The predicted octanol–water partition coefficient (Wildman–Crippen LogP) is 2.16. The van der Waals surface area contributed by atoms with Gasteiger partial charge in [-0.1, -0.05) is 12.8 Å². The Morgan fingerprint density at radius 3 is 2.93 bits per heavy atom. The summed E-state index contributed by atoms with van der Waals surface area (Å²) >= 11 is 3.33. The summed E-state index contributed by atoms with van der Waals surface area (Å²) in [6.07, 6.45) is 9.39. The first-order chi connectivity index (χ1) is 13.0. The zero-order valence-corrected chi connectivity index (χ0v) is 16.5. The minimum Gasteiger partial charge on any atom is -0.366 e. The van der Waals surface area contributed by atoms with Crippen molar-refractivity contribution >= 4 is 39.0 Å². The SMILES string of the molecule is Cn1cc(NC(=O)c2cnn3ccc(N[C@@H]4CCCC[C@@H]4N)nc23)c(Br)n1. The maximum Gasteiger partial charge on any atom is 0.261 e. The van der Waals surface area contributed by atoms with E-state index in [2.05, 4.69) is 41.7 Å². The molecule has 3 aromatic heterocycles. The van der Waals surface area contributed by atoms with Crippen molar-refractivity contribution in [2.45, 2.75) is 37.8 Å². The highest BCUT2D eigenvalue weighted by molar-refractivity contribution is 9.10. The fraction of sp³-hybridized carbons (Fsp3) is 0.412. The molecule has 4 N–H and O–H groups in total. The van der Waals surface area contributed by atoms with Gasteiger partial charge in [0.05, 0.1) is 11.9 Å². The summed E-state index contributed by atoms with van der Waals surface area (Å²) in [4.78, 5) is 17.3. The Bertz CT molecular complexity index is 981. The van der Waals surface area contributed by atoms with Crippen molar-refractivity contribution in [2.75, 3.05) is 10.6 Å². The van der Waals surface area contributed by atoms with E-state index in [0.717, 1.165) is 19.3 Å². The molecule has 0 aromatic carbocycles. The molecule has 1 amide bonds. The molecule has 4 rings (SSSR count). The summed E-state index contributed by atoms with van der Waals surface area (Å²) in [7, 11) is 1.78. The predicted molar refractivity (Wildman–Crippen MR) is 106 cm³/mol. The van der Waals surface area contributed by atoms with Crippen LogP contribution in [-0.4, -0.2) is 42.4 Å². The molecule has 27 heavy (non-hydrogen) atoms. The summed E-state index contributed by atoms with van der Waals surface area (Å²) in [5.41, 5.74) is 7.68. The summed E-state index contributed by atoms with van der Waals surface area (Å²) in [5.74, 6) is 0.402. The van der Waals surface area contributed by atoms with Crippen LogP contribution in [0.4, 0.5) is 11.5 Å². The number of fused-ring (bicyclic) bond motifs is 1. The Morgan fingerprint density at radius 1 is 1.37 bits per heavy atom. The van der Waals surface area contributed by atoms with E-state index in [0.29, 0.717) is 27.3 Å². The molecule has 2 atom stereocenters. The highest BCUT2D eigenvalue weighted by atomic mass is 79.9. The number of amides is 1. The van der Waals surface area contributed by atoms with Crippen molar-refractivity contribution in [2.24, 2.45) is 12.8 Å². The smallest absolute Gasteiger partial charge is 0.261 e. The number of carbonyl (C=O) groups is 1. The summed E-state index contributed by atoms with van der Waals surface area (Å²) < 4.78 is 3.76. The molecule has 0 unspecified atom stereocenters. The maximum atomic E-state index is 12.7. The summed E-state index contributed by atoms with van der Waals surface area (Å²) in [5, 5.41) is 14.6. The van der Waals surface area contributed by atoms with Crippen LogP contribution in [0.3, 0.4) is 0 Å². The van der Waals surface area contributed by atoms with Crippen LogP contribution in [-0.2, 0) is 7.05 Å². The first kappa shape index (κ1) is 17.9. The van der Waals surface area contributed by atoms with Gasteiger partial charge in [0.25, 0.3) is 5.91 Å². The van der Waals surface area contributed by atoms with Gasteiger partial charge in [0.1, 0.15) is 11.4 Å². The summed E-state index contributed by atoms with van der Waals surface area (Å²) in [6.45, 7) is 0. The van der Waals surface area contributed by atoms with Gasteiger partial charge in [0.2, 0.25) is 0 Å². The minimum atomic E-state index is -0.294. The highest BCUT2D eigenvalue weighted by Gasteiger charge is 2.22. The lowest BCUT2D eigenvalue weighted by Crippen LogP contribution is -2.42. The van der Waals surface area contributed by atoms with Crippen LogP contribution in [0.1, 0.15) is 36.0 Å². The van der Waals surface area contributed by atoms with Gasteiger partial charge >= 0.3 is 0 Å². The molecule has 0 bridgehead atoms. The number of hydrogen-bond acceptors (Lipinski definition) is 6. The second kappa shape index (κ2) is 7.28. The number of aromatic nitrogens is 5. The van der Waals surface area contributed by atoms with E-state index in [1.54, 1.807) is 28.6 Å². The topological polar surface area (TPSA) is 115 Å². The third-order valence-electron chi connectivity index (χ3n) is 4.80. The van der Waals surface area contributed by atoms with E-state index in [-0.39, 0.29) is 18.0 Å². The van der Waals surface area contributed by atoms with E-state index < -0.39 is 0 Å². The molecule has 0 saturated heterocycles. The lowest BCUT2D eigenvalue weighted by Gasteiger charge is -2.29. The normalized spacial score (nSPS) is 20.0. The Kier molecular flexibility index (Phi) is 4.83. The molecule has 3 aromatic rings. The number of carbonyl (C=O) groups excluding carboxylic acids is 1. The monoisotopic (exact) mass is 432 g/mol. The molecule has 3 heterocycles. The number of rotatable bonds is 4. The first-order valence-corrected chi connectivity index (χ1v) is 9.67. The Labute approximate surface area is 164 Å². The van der Waals surface area contributed by atoms with Gasteiger partial charge in [-0.2, -0.15) is 10.2 Å². The van der Waals surface area contributed by atoms with Gasteiger partial charge in [0.15, 0.2) is 10.3 Å². The van der Waals surface area contributed by atoms with Crippen molar-refractivity contribution in [1.82, 2.24) is 24.4 Å². The van der Waals surface area contributed by atoms with Crippen LogP contribution in [0.25, 0.3) is 5.65 Å². The van der Waals surface area contributed by atoms with Gasteiger partial charge in [-0.3, -0.25) is 9.48 Å². The number of nitrogens with one attached hydrogen (secondary N) is 2. The molecule has 0 spiro atoms. The molecule has 142 valence electrons. The Hall–Kier alpha value is -2.46. The quantitative estimate of drug-likeness (QED) is 0.581. The zero-order chi connectivity index (χ0) is 19.0. The largest absolute Gasteiger partial charge is 0.366 e. The second-order valence-corrected chi connectivity index (χ2v) is 7.55. The van der Waals surface area contributed by atoms with E-state index >= 15 is 0 Å². The molecule has 1 saturated carbocycles. The van der Waals surface area contributed by atoms with Crippen LogP contribution in [0.2, 0.25) is 0 Å². The van der Waals surface area contributed by atoms with Crippen molar-refractivity contribution in [3.63, 3.8) is 0 Å². The molecular weight excluding hydrogens is 412 g/mol. The molecule has 1 aliphatic rings. The van der Waals surface area contributed by atoms with E-state index in [9.17, 15) is 4.79 Å². The average Bonchev–Trinajstić information content (AvgIpc) is 3.19. The number of anilines is 2. The number of nitrogens with zero attached hydrogens (tertiary/aromatic N) is 5. The van der Waals surface area contributed by atoms with Gasteiger partial charge in [0, 0.05) is 31.5 Å². The maximum absolute atomic E-state index is 12.7. The van der Waals surface area contributed by atoms with E-state index in [4.69, 9.17) is 5.73 Å². The van der Waals surface area contributed by atoms with Gasteiger partial charge in [-0.05, 0) is 34.8 Å². The van der Waals surface area contributed by atoms with Crippen molar-refractivity contribution in [3.05, 3.63) is 34.8 Å². The zero-order valence-electron chi connectivity index (χ0n) is 14.9. The molecule has 0 aliphatic heterocycles. The molecule has 1 aliphatic carbocycles. The fourth-order valence-electron chi connectivity index (χ4n) is 3.37. The highest BCUT2D eigenvalue weighted by Crippen LogP contribution is 2.23. The van der Waals surface area contributed by atoms with Crippen molar-refractivity contribution in [3.8, 4) is 0 Å². The lowest BCUT2D eigenvalue weighted by molar-refractivity contribution is 0.102. The van der Waals surface area contributed by atoms with Crippen molar-refractivity contribution < 1.29 is 4.79 Å². The van der Waals surface area contributed by atoms with Crippen LogP contribution >= 0.6 is 15.9 Å². The third-order valence-corrected chi connectivity index (χ3v) is 5.38. The molecule has 10 heteroatoms. The number of aryl methyl sites for hydroxylation is 1. The summed E-state index contributed by atoms with van der Waals surface area (Å²) in [6, 6.07) is 2.16. The van der Waals surface area contributed by atoms with Gasteiger partial charge in [-0.25, -0.2) is 9.50 Å². The fourth-order valence-corrected chi connectivity index (χ4v) is 3.82. The number of hydrogen-bond donors (Lipinski definition) is 3. The van der Waals surface area contributed by atoms with Crippen LogP contribution < -0.4 is 16.4 Å². The molecule has 1 fully saturated rings. The van der Waals surface area contributed by atoms with Gasteiger partial charge in [-0.15, -0.1) is 0 Å². The van der Waals surface area contributed by atoms with Crippen LogP contribution in [0, 0.1) is 0 Å². The number of nitrogens with two attached hydrogens (primary N) is 1. The molecular formula is C17H21BrN8O. The number of halogens is 1. The van der Waals surface area contributed by atoms with E-state index in [1.165, 1.54) is 12.6 Å². The Balaban J connectivity index is 1.58. The average molecular weight is 433 g/mol. The lowest BCUT2D eigenvalue weighted by atomic mass is 9.91. The van der Waals surface area contributed by atoms with Crippen molar-refractivity contribution in [1.29, 1.82) is 0 Å². The molecule has 9 nitrogen and oxygen atoms in total. The van der Waals surface area contributed by atoms with Crippen LogP contribution in [0.5, 0.6) is 0 Å². The standard InChI is InChI=1S/C17H21BrN8O/c1-25-9-13(15(18)24-25)22-17(27)10-8-20-26-7-6-14(23-16(10)26)21-12-5-3-2-4-11(12)19/h6-9,11-12H,2-5,19H2,1H3,(H,21,23)(H,22,27)/t11-,12+/m0/s1. The molecule has 0 radical (unpaired) electrons. The van der Waals surface area contributed by atoms with Crippen LogP contribution in [0.15, 0.2) is 29.3 Å². The van der Waals surface area contributed by atoms with E-state index in [1.807, 2.05) is 6.07 Å². The Morgan fingerprint density at radius 2 is 2.19 bits per heavy atom. The second-order valence-electron chi connectivity index (χ2n) is 6.80. The van der Waals surface area contributed by atoms with Gasteiger partial charge < -0.3 is 16.4 Å². The first-order valence-electron chi connectivity index (χ1n) is 8.88.